The van der Waals surface area contributed by atoms with Crippen LogP contribution < -0.4 is 0 Å². The van der Waals surface area contributed by atoms with E-state index >= 15 is 0 Å². The van der Waals surface area contributed by atoms with E-state index in [-0.39, 0.29) is 22.5 Å². The molecule has 0 radical (unpaired) electrons. The molecule has 0 aromatic heterocycles. The first-order valence-electron chi connectivity index (χ1n) is 8.19. The summed E-state index contributed by atoms with van der Waals surface area (Å²) in [6, 6.07) is 9.37. The van der Waals surface area contributed by atoms with Crippen LogP contribution in [0.3, 0.4) is 0 Å². The number of alkyl halides is 6. The molecule has 2 unspecified atom stereocenters. The second kappa shape index (κ2) is 10.5. The van der Waals surface area contributed by atoms with Crippen LogP contribution >= 0.6 is 69.6 Å². The van der Waals surface area contributed by atoms with Gasteiger partial charge in [-0.05, 0) is 35.4 Å². The molecule has 0 amide bonds. The predicted molar refractivity (Wildman–Crippen MR) is 120 cm³/mol. The summed E-state index contributed by atoms with van der Waals surface area (Å²) in [6.07, 6.45) is -4.50. The highest BCUT2D eigenvalue weighted by atomic mass is 35.6. The largest absolute Gasteiger partial charge is 0.509 e. The number of hydrogen-bond donors (Lipinski definition) is 0. The van der Waals surface area contributed by atoms with Gasteiger partial charge in [-0.15, -0.1) is 0 Å². The SMILES string of the molecule is O=C(OC(c1ccc([N+](=O)[O-])cc1)C(Cl)(Cl)Cl)OC(c1ccc([N+](=O)[O-])cc1)C(Cl)(Cl)Cl. The molecule has 2 rings (SSSR count). The first kappa shape index (κ1) is 26.5. The number of nitrogens with zero attached hydrogens (tertiary/aromatic N) is 2. The van der Waals surface area contributed by atoms with Crippen LogP contribution in [0.2, 0.25) is 0 Å². The van der Waals surface area contributed by atoms with E-state index in [1.165, 1.54) is 24.3 Å². The lowest BCUT2D eigenvalue weighted by atomic mass is 10.1. The van der Waals surface area contributed by atoms with Gasteiger partial charge in [0.15, 0.2) is 12.2 Å². The van der Waals surface area contributed by atoms with Crippen LogP contribution in [0.25, 0.3) is 0 Å². The molecule has 9 nitrogen and oxygen atoms in total. The number of carbonyl (C=O) groups is 1. The van der Waals surface area contributed by atoms with Gasteiger partial charge in [0.05, 0.1) is 9.85 Å². The van der Waals surface area contributed by atoms with E-state index in [2.05, 4.69) is 0 Å². The molecule has 0 spiro atoms. The van der Waals surface area contributed by atoms with Crippen LogP contribution in [0, 0.1) is 20.2 Å². The van der Waals surface area contributed by atoms with Crippen molar-refractivity contribution in [1.82, 2.24) is 0 Å². The van der Waals surface area contributed by atoms with Crippen LogP contribution in [0.5, 0.6) is 0 Å². The lowest BCUT2D eigenvalue weighted by Crippen LogP contribution is -2.28. The minimum absolute atomic E-state index is 0.105. The Morgan fingerprint density at radius 3 is 1.19 bits per heavy atom. The van der Waals surface area contributed by atoms with Gasteiger partial charge in [-0.1, -0.05) is 69.6 Å². The second-order valence-corrected chi connectivity index (χ2v) is 10.8. The summed E-state index contributed by atoms with van der Waals surface area (Å²) in [5.41, 5.74) is -0.274. The summed E-state index contributed by atoms with van der Waals surface area (Å²) in [5.74, 6) is 0. The molecule has 0 saturated carbocycles. The lowest BCUT2D eigenvalue weighted by molar-refractivity contribution is -0.385. The molecule has 0 bridgehead atoms. The molecule has 0 aliphatic rings. The van der Waals surface area contributed by atoms with Crippen molar-refractivity contribution < 1.29 is 24.1 Å². The number of ether oxygens (including phenoxy) is 2. The first-order valence-corrected chi connectivity index (χ1v) is 10.5. The van der Waals surface area contributed by atoms with Crippen LogP contribution in [-0.2, 0) is 9.47 Å². The predicted octanol–water partition coefficient (Wildman–Crippen LogP) is 7.18. The van der Waals surface area contributed by atoms with Crippen molar-refractivity contribution >= 4 is 87.1 Å². The topological polar surface area (TPSA) is 122 Å². The van der Waals surface area contributed by atoms with Gasteiger partial charge in [0.25, 0.3) is 11.4 Å². The number of carbonyl (C=O) groups excluding carboxylic acids is 1. The number of non-ortho nitro benzene ring substituents is 2. The maximum Gasteiger partial charge on any atom is 0.509 e. The lowest BCUT2D eigenvalue weighted by Gasteiger charge is -2.28. The fraction of sp³-hybridized carbons (Fsp3) is 0.235. The number of benzene rings is 2. The maximum absolute atomic E-state index is 12.4. The fourth-order valence-corrected chi connectivity index (χ4v) is 3.43. The molecule has 0 aliphatic heterocycles. The highest BCUT2D eigenvalue weighted by Crippen LogP contribution is 2.45. The normalized spacial score (nSPS) is 13.7. The van der Waals surface area contributed by atoms with Crippen LogP contribution in [0.1, 0.15) is 23.3 Å². The highest BCUT2D eigenvalue weighted by molar-refractivity contribution is 6.68. The Labute approximate surface area is 210 Å². The molecule has 32 heavy (non-hydrogen) atoms. The monoisotopic (exact) mass is 564 g/mol. The van der Waals surface area contributed by atoms with Gasteiger partial charge in [-0.25, -0.2) is 4.79 Å². The minimum Gasteiger partial charge on any atom is -0.421 e. The summed E-state index contributed by atoms with van der Waals surface area (Å²) in [5, 5.41) is 21.6. The maximum atomic E-state index is 12.4. The van der Waals surface area contributed by atoms with Gasteiger partial charge in [-0.3, -0.25) is 20.2 Å². The third kappa shape index (κ3) is 7.13. The zero-order valence-corrected chi connectivity index (χ0v) is 19.8. The molecule has 0 saturated heterocycles. The fourth-order valence-electron chi connectivity index (χ4n) is 2.41. The summed E-state index contributed by atoms with van der Waals surface area (Å²) in [6.45, 7) is 0. The van der Waals surface area contributed by atoms with E-state index in [0.717, 1.165) is 24.3 Å². The number of rotatable bonds is 6. The van der Waals surface area contributed by atoms with Crippen molar-refractivity contribution in [3.63, 3.8) is 0 Å². The zero-order chi connectivity index (χ0) is 24.3. The smallest absolute Gasteiger partial charge is 0.421 e. The van der Waals surface area contributed by atoms with E-state index < -0.39 is 35.8 Å². The van der Waals surface area contributed by atoms with E-state index in [1.807, 2.05) is 0 Å². The Morgan fingerprint density at radius 1 is 0.688 bits per heavy atom. The average molecular weight is 567 g/mol. The molecule has 172 valence electrons. The molecule has 2 atom stereocenters. The van der Waals surface area contributed by atoms with Gasteiger partial charge < -0.3 is 9.47 Å². The number of hydrogen-bond acceptors (Lipinski definition) is 7. The quantitative estimate of drug-likeness (QED) is 0.157. The molecule has 0 aliphatic carbocycles. The first-order chi connectivity index (χ1) is 14.7. The van der Waals surface area contributed by atoms with Gasteiger partial charge in [0, 0.05) is 24.3 Å². The van der Waals surface area contributed by atoms with Crippen LogP contribution in [-0.4, -0.2) is 23.6 Å². The van der Waals surface area contributed by atoms with E-state index in [0.29, 0.717) is 0 Å². The van der Waals surface area contributed by atoms with E-state index in [4.69, 9.17) is 79.1 Å². The van der Waals surface area contributed by atoms with Crippen LogP contribution in [0.4, 0.5) is 16.2 Å². The molecule has 0 N–H and O–H groups in total. The van der Waals surface area contributed by atoms with E-state index in [1.54, 1.807) is 0 Å². The highest BCUT2D eigenvalue weighted by Gasteiger charge is 2.42. The van der Waals surface area contributed by atoms with Crippen molar-refractivity contribution in [2.45, 2.75) is 19.8 Å². The number of nitro benzene ring substituents is 2. The molecule has 0 heterocycles. The Hall–Kier alpha value is -1.75. The Morgan fingerprint density at radius 2 is 0.969 bits per heavy atom. The van der Waals surface area contributed by atoms with Gasteiger partial charge in [0.1, 0.15) is 0 Å². The van der Waals surface area contributed by atoms with E-state index in [9.17, 15) is 25.0 Å². The molecule has 0 fully saturated rings. The van der Waals surface area contributed by atoms with Crippen LogP contribution in [0.15, 0.2) is 48.5 Å². The molecule has 2 aromatic rings. The second-order valence-electron chi connectivity index (χ2n) is 6.03. The molecular formula is C17H10Cl6N2O7. The van der Waals surface area contributed by atoms with Crippen molar-refractivity contribution in [3.8, 4) is 0 Å². The van der Waals surface area contributed by atoms with Crippen molar-refractivity contribution in [1.29, 1.82) is 0 Å². The number of halogens is 6. The molecule has 2 aromatic carbocycles. The minimum atomic E-state index is -2.20. The van der Waals surface area contributed by atoms with Crippen molar-refractivity contribution in [3.05, 3.63) is 79.9 Å². The summed E-state index contributed by atoms with van der Waals surface area (Å²) in [7, 11) is 0. The summed E-state index contributed by atoms with van der Waals surface area (Å²) in [4.78, 5) is 32.8. The summed E-state index contributed by atoms with van der Waals surface area (Å²) >= 11 is 35.4. The molecule has 15 heteroatoms. The number of nitro groups is 2. The standard InChI is InChI=1S/C17H10Cl6N2O7/c18-16(19,20)13(9-1-5-11(6-2-9)24(27)28)31-15(26)32-14(17(21,22)23)10-3-7-12(8-4-10)25(29)30/h1-8,13-14H. The third-order valence-corrected chi connectivity index (χ3v) is 5.03. The van der Waals surface area contributed by atoms with Crippen molar-refractivity contribution in [2.75, 3.05) is 0 Å². The Balaban J connectivity index is 2.27. The van der Waals surface area contributed by atoms with Gasteiger partial charge in [-0.2, -0.15) is 0 Å². The average Bonchev–Trinajstić information content (AvgIpc) is 2.68. The Bertz CT molecular complexity index is 911. The zero-order valence-electron chi connectivity index (χ0n) is 15.3. The summed E-state index contributed by atoms with van der Waals surface area (Å²) < 4.78 is 5.81. The molecular weight excluding hydrogens is 557 g/mol. The Kier molecular flexibility index (Phi) is 8.66. The third-order valence-electron chi connectivity index (χ3n) is 3.84. The van der Waals surface area contributed by atoms with Gasteiger partial charge in [0.2, 0.25) is 7.59 Å². The van der Waals surface area contributed by atoms with Crippen molar-refractivity contribution in [2.24, 2.45) is 0 Å². The van der Waals surface area contributed by atoms with Gasteiger partial charge >= 0.3 is 6.16 Å².